The van der Waals surface area contributed by atoms with Gasteiger partial charge in [0.15, 0.2) is 23.1 Å². The molecular weight excluding hydrogens is 320 g/mol. The average Bonchev–Trinajstić information content (AvgIpc) is 2.51. The molecular formula is C16H16O8. The summed E-state index contributed by atoms with van der Waals surface area (Å²) in [6.07, 6.45) is -3.86. The van der Waals surface area contributed by atoms with E-state index in [9.17, 15) is 35.1 Å². The van der Waals surface area contributed by atoms with Crippen LogP contribution in [0.3, 0.4) is 0 Å². The second kappa shape index (κ2) is 5.04. The van der Waals surface area contributed by atoms with E-state index in [1.165, 1.54) is 14.0 Å². The van der Waals surface area contributed by atoms with E-state index in [-0.39, 0.29) is 23.3 Å². The summed E-state index contributed by atoms with van der Waals surface area (Å²) in [6.45, 7) is 1.22. The molecule has 8 heteroatoms. The SMILES string of the molecule is COc1cc(O)c2c(c1O)C(=O)C1=C(C2=O)C(O)C(O)C(C)(O)C1. The first-order valence-corrected chi connectivity index (χ1v) is 7.15. The number of rotatable bonds is 1. The largest absolute Gasteiger partial charge is 0.507 e. The van der Waals surface area contributed by atoms with E-state index < -0.39 is 52.0 Å². The van der Waals surface area contributed by atoms with Gasteiger partial charge < -0.3 is 30.3 Å². The number of phenolic OH excluding ortho intramolecular Hbond substituents is 2. The van der Waals surface area contributed by atoms with Crippen LogP contribution in [0.4, 0.5) is 0 Å². The molecule has 0 aromatic heterocycles. The van der Waals surface area contributed by atoms with Crippen LogP contribution in [0.1, 0.15) is 34.1 Å². The van der Waals surface area contributed by atoms with Gasteiger partial charge >= 0.3 is 0 Å². The molecule has 8 nitrogen and oxygen atoms in total. The lowest BCUT2D eigenvalue weighted by Crippen LogP contribution is -2.54. The molecule has 0 saturated heterocycles. The molecule has 0 fully saturated rings. The number of methoxy groups -OCH3 is 1. The van der Waals surface area contributed by atoms with Gasteiger partial charge in [0.05, 0.1) is 23.8 Å². The molecule has 0 radical (unpaired) electrons. The molecule has 2 aliphatic rings. The summed E-state index contributed by atoms with van der Waals surface area (Å²) >= 11 is 0. The number of benzene rings is 1. The van der Waals surface area contributed by atoms with Crippen molar-refractivity contribution in [1.82, 2.24) is 0 Å². The molecule has 2 aliphatic carbocycles. The number of aromatic hydroxyl groups is 2. The maximum absolute atomic E-state index is 12.7. The van der Waals surface area contributed by atoms with Gasteiger partial charge in [-0.15, -0.1) is 0 Å². The summed E-state index contributed by atoms with van der Waals surface area (Å²) in [5.74, 6) is -3.12. The van der Waals surface area contributed by atoms with Gasteiger partial charge in [0.1, 0.15) is 18.0 Å². The van der Waals surface area contributed by atoms with Gasteiger partial charge in [-0.05, 0) is 6.92 Å². The van der Waals surface area contributed by atoms with Crippen LogP contribution in [0, 0.1) is 0 Å². The summed E-state index contributed by atoms with van der Waals surface area (Å²) in [5, 5.41) is 50.6. The fourth-order valence-corrected chi connectivity index (χ4v) is 3.23. The summed E-state index contributed by atoms with van der Waals surface area (Å²) < 4.78 is 4.86. The Morgan fingerprint density at radius 3 is 2.38 bits per heavy atom. The van der Waals surface area contributed by atoms with Gasteiger partial charge in [0.25, 0.3) is 0 Å². The minimum absolute atomic E-state index is 0.195. The smallest absolute Gasteiger partial charge is 0.196 e. The van der Waals surface area contributed by atoms with Crippen LogP contribution in [-0.4, -0.2) is 62.0 Å². The Morgan fingerprint density at radius 2 is 1.79 bits per heavy atom. The lowest BCUT2D eigenvalue weighted by Gasteiger charge is -2.40. The molecule has 3 atom stereocenters. The first kappa shape index (κ1) is 16.4. The highest BCUT2D eigenvalue weighted by molar-refractivity contribution is 6.29. The minimum Gasteiger partial charge on any atom is -0.507 e. The fraction of sp³-hybridized carbons (Fsp3) is 0.375. The van der Waals surface area contributed by atoms with E-state index in [2.05, 4.69) is 0 Å². The van der Waals surface area contributed by atoms with Gasteiger partial charge in [0.2, 0.25) is 0 Å². The van der Waals surface area contributed by atoms with Crippen LogP contribution in [0.25, 0.3) is 0 Å². The number of phenols is 2. The molecule has 0 aliphatic heterocycles. The molecule has 0 saturated carbocycles. The molecule has 0 spiro atoms. The molecule has 1 aromatic carbocycles. The van der Waals surface area contributed by atoms with Crippen molar-refractivity contribution in [1.29, 1.82) is 0 Å². The zero-order chi connectivity index (χ0) is 18.0. The second-order valence-corrected chi connectivity index (χ2v) is 6.17. The third-order valence-electron chi connectivity index (χ3n) is 4.53. The Balaban J connectivity index is 2.30. The second-order valence-electron chi connectivity index (χ2n) is 6.17. The number of hydrogen-bond donors (Lipinski definition) is 5. The summed E-state index contributed by atoms with van der Waals surface area (Å²) in [4.78, 5) is 25.4. The number of hydrogen-bond acceptors (Lipinski definition) is 8. The number of aliphatic hydroxyl groups is 3. The van der Waals surface area contributed by atoms with Crippen molar-refractivity contribution in [3.63, 3.8) is 0 Å². The van der Waals surface area contributed by atoms with Gasteiger partial charge in [-0.2, -0.15) is 0 Å². The number of carbonyl (C=O) groups excluding carboxylic acids is 2. The highest BCUT2D eigenvalue weighted by atomic mass is 16.5. The molecule has 0 bridgehead atoms. The first-order valence-electron chi connectivity index (χ1n) is 7.15. The van der Waals surface area contributed by atoms with Gasteiger partial charge in [0, 0.05) is 23.6 Å². The van der Waals surface area contributed by atoms with Crippen molar-refractivity contribution in [3.05, 3.63) is 28.3 Å². The predicted molar refractivity (Wildman–Crippen MR) is 79.3 cm³/mol. The maximum atomic E-state index is 12.7. The normalized spacial score (nSPS) is 29.4. The monoisotopic (exact) mass is 336 g/mol. The van der Waals surface area contributed by atoms with Gasteiger partial charge in [-0.1, -0.05) is 0 Å². The lowest BCUT2D eigenvalue weighted by molar-refractivity contribution is -0.111. The molecule has 3 unspecified atom stereocenters. The van der Waals surface area contributed by atoms with Crippen LogP contribution in [0.2, 0.25) is 0 Å². The summed E-state index contributed by atoms with van der Waals surface area (Å²) in [6, 6.07) is 0.979. The van der Waals surface area contributed by atoms with E-state index >= 15 is 0 Å². The van der Waals surface area contributed by atoms with Crippen molar-refractivity contribution in [2.45, 2.75) is 31.2 Å². The molecule has 0 amide bonds. The van der Waals surface area contributed by atoms with Crippen molar-refractivity contribution in [2.24, 2.45) is 0 Å². The molecule has 5 N–H and O–H groups in total. The summed E-state index contributed by atoms with van der Waals surface area (Å²) in [5.41, 5.74) is -3.34. The van der Waals surface area contributed by atoms with Crippen molar-refractivity contribution in [2.75, 3.05) is 7.11 Å². The Kier molecular flexibility index (Phi) is 3.45. The fourth-order valence-electron chi connectivity index (χ4n) is 3.23. The minimum atomic E-state index is -1.83. The maximum Gasteiger partial charge on any atom is 0.196 e. The molecule has 1 aromatic rings. The Morgan fingerprint density at radius 1 is 1.17 bits per heavy atom. The highest BCUT2D eigenvalue weighted by Gasteiger charge is 2.51. The van der Waals surface area contributed by atoms with E-state index in [1.807, 2.05) is 0 Å². The van der Waals surface area contributed by atoms with Crippen LogP contribution in [-0.2, 0) is 0 Å². The number of fused-ring (bicyclic) bond motifs is 1. The predicted octanol–water partition coefficient (Wildman–Crippen LogP) is -0.342. The number of aliphatic hydroxyl groups excluding tert-OH is 2. The average molecular weight is 336 g/mol. The van der Waals surface area contributed by atoms with Crippen LogP contribution in [0.5, 0.6) is 17.2 Å². The zero-order valence-electron chi connectivity index (χ0n) is 12.9. The number of ketones is 2. The third-order valence-corrected chi connectivity index (χ3v) is 4.53. The van der Waals surface area contributed by atoms with E-state index in [0.29, 0.717) is 0 Å². The standard InChI is InChI=1S/C16H16O8/c1-16(23)4-5-8(14(21)15(16)22)13(20)9-6(17)3-7(24-2)12(19)10(9)11(5)18/h3,14-15,17,19,21-23H,4H2,1-2H3. The Hall–Kier alpha value is -2.42. The van der Waals surface area contributed by atoms with Crippen molar-refractivity contribution in [3.8, 4) is 17.2 Å². The Labute approximate surface area is 136 Å². The van der Waals surface area contributed by atoms with E-state index in [4.69, 9.17) is 4.74 Å². The zero-order valence-corrected chi connectivity index (χ0v) is 12.9. The van der Waals surface area contributed by atoms with Crippen LogP contribution >= 0.6 is 0 Å². The molecule has 128 valence electrons. The Bertz CT molecular complexity index is 805. The summed E-state index contributed by atoms with van der Waals surface area (Å²) in [7, 11) is 1.21. The van der Waals surface area contributed by atoms with Gasteiger partial charge in [-0.25, -0.2) is 0 Å². The lowest BCUT2D eigenvalue weighted by atomic mass is 9.69. The van der Waals surface area contributed by atoms with Crippen molar-refractivity contribution < 1.29 is 39.9 Å². The molecule has 0 heterocycles. The first-order chi connectivity index (χ1) is 11.1. The van der Waals surface area contributed by atoms with Crippen molar-refractivity contribution >= 4 is 11.6 Å². The number of ether oxygens (including phenoxy) is 1. The van der Waals surface area contributed by atoms with Crippen LogP contribution in [0.15, 0.2) is 17.2 Å². The highest BCUT2D eigenvalue weighted by Crippen LogP contribution is 2.47. The van der Waals surface area contributed by atoms with Gasteiger partial charge in [-0.3, -0.25) is 9.59 Å². The topological polar surface area (TPSA) is 145 Å². The van der Waals surface area contributed by atoms with E-state index in [1.54, 1.807) is 0 Å². The quantitative estimate of drug-likeness (QED) is 0.438. The number of carbonyl (C=O) groups is 2. The van der Waals surface area contributed by atoms with Crippen LogP contribution < -0.4 is 4.74 Å². The number of Topliss-reactive ketones (excluding diaryl/α,β-unsaturated/α-hetero) is 2. The molecule has 24 heavy (non-hydrogen) atoms. The molecule has 3 rings (SSSR count). The third kappa shape index (κ3) is 1.97. The van der Waals surface area contributed by atoms with E-state index in [0.717, 1.165) is 6.07 Å².